The first-order valence-corrected chi connectivity index (χ1v) is 11.3. The fourth-order valence-corrected chi connectivity index (χ4v) is 4.95. The number of carboxylic acids is 1. The van der Waals surface area contributed by atoms with E-state index in [0.29, 0.717) is 11.5 Å². The average molecular weight is 431 g/mol. The summed E-state index contributed by atoms with van der Waals surface area (Å²) in [5, 5.41) is 9.56. The van der Waals surface area contributed by atoms with Crippen molar-refractivity contribution in [3.05, 3.63) is 88.7 Å². The van der Waals surface area contributed by atoms with Gasteiger partial charge in [-0.2, -0.15) is 0 Å². The highest BCUT2D eigenvalue weighted by atomic mass is 19.1. The molecule has 3 nitrogen and oxygen atoms in total. The van der Waals surface area contributed by atoms with Gasteiger partial charge in [-0.05, 0) is 72.1 Å². The average Bonchev–Trinajstić information content (AvgIpc) is 3.52. The van der Waals surface area contributed by atoms with Crippen LogP contribution in [-0.2, 0) is 11.2 Å². The quantitative estimate of drug-likeness (QED) is 0.474. The standard InChI is InChI=1S/C28H27FO3/c1-16-3-12-24(29)23(13-16)18-4-6-19(7-5-18)25-14-21-10-11-22(15-26(21)32-25)27(20-8-9-20)17(2)28(30)31/h3-7,10-13,15,17,20,25,27H,8-9,14H2,1-2H3,(H,30,31)/t17-,25?,27-/m0/s1. The Bertz CT molecular complexity index is 1160. The van der Waals surface area contributed by atoms with Crippen LogP contribution in [0.25, 0.3) is 11.1 Å². The first kappa shape index (κ1) is 20.7. The zero-order chi connectivity index (χ0) is 22.4. The molecule has 1 fully saturated rings. The molecule has 0 aromatic heterocycles. The van der Waals surface area contributed by atoms with Crippen LogP contribution in [0, 0.1) is 24.6 Å². The molecule has 1 heterocycles. The molecule has 4 heteroatoms. The monoisotopic (exact) mass is 430 g/mol. The summed E-state index contributed by atoms with van der Waals surface area (Å²) in [4.78, 5) is 11.6. The highest BCUT2D eigenvalue weighted by Gasteiger charge is 2.39. The molecule has 1 N–H and O–H groups in total. The Morgan fingerprint density at radius 2 is 1.81 bits per heavy atom. The van der Waals surface area contributed by atoms with Crippen LogP contribution in [0.4, 0.5) is 4.39 Å². The van der Waals surface area contributed by atoms with Crippen molar-refractivity contribution in [3.8, 4) is 16.9 Å². The Labute approximate surface area is 187 Å². The number of fused-ring (bicyclic) bond motifs is 1. The number of ether oxygens (including phenoxy) is 1. The van der Waals surface area contributed by atoms with Crippen molar-refractivity contribution >= 4 is 5.97 Å². The molecule has 0 saturated heterocycles. The van der Waals surface area contributed by atoms with Crippen molar-refractivity contribution in [2.75, 3.05) is 0 Å². The van der Waals surface area contributed by atoms with Crippen molar-refractivity contribution in [3.63, 3.8) is 0 Å². The second kappa shape index (κ2) is 8.09. The lowest BCUT2D eigenvalue weighted by atomic mass is 9.83. The van der Waals surface area contributed by atoms with E-state index in [2.05, 4.69) is 12.1 Å². The molecule has 1 aliphatic carbocycles. The van der Waals surface area contributed by atoms with Gasteiger partial charge in [0.05, 0.1) is 5.92 Å². The van der Waals surface area contributed by atoms with Gasteiger partial charge < -0.3 is 9.84 Å². The van der Waals surface area contributed by atoms with Crippen LogP contribution in [0.3, 0.4) is 0 Å². The van der Waals surface area contributed by atoms with Gasteiger partial charge >= 0.3 is 5.97 Å². The second-order valence-corrected chi connectivity index (χ2v) is 9.27. The summed E-state index contributed by atoms with van der Waals surface area (Å²) < 4.78 is 20.5. The summed E-state index contributed by atoms with van der Waals surface area (Å²) >= 11 is 0. The maximum Gasteiger partial charge on any atom is 0.306 e. The third-order valence-electron chi connectivity index (χ3n) is 6.92. The van der Waals surface area contributed by atoms with Gasteiger partial charge in [0.15, 0.2) is 0 Å². The number of hydrogen-bond donors (Lipinski definition) is 1. The maximum absolute atomic E-state index is 14.2. The molecule has 3 aromatic carbocycles. The van der Waals surface area contributed by atoms with Crippen molar-refractivity contribution in [2.45, 2.75) is 45.1 Å². The number of rotatable bonds is 6. The van der Waals surface area contributed by atoms with Gasteiger partial charge in [0.1, 0.15) is 17.7 Å². The van der Waals surface area contributed by atoms with Crippen LogP contribution in [0.5, 0.6) is 5.75 Å². The van der Waals surface area contributed by atoms with E-state index >= 15 is 0 Å². The Hall–Kier alpha value is -3.14. The zero-order valence-corrected chi connectivity index (χ0v) is 18.3. The van der Waals surface area contributed by atoms with E-state index in [4.69, 9.17) is 4.74 Å². The predicted octanol–water partition coefficient (Wildman–Crippen LogP) is 6.69. The summed E-state index contributed by atoms with van der Waals surface area (Å²) in [7, 11) is 0. The molecule has 32 heavy (non-hydrogen) atoms. The molecule has 1 saturated carbocycles. The maximum atomic E-state index is 14.2. The summed E-state index contributed by atoms with van der Waals surface area (Å²) in [6.07, 6.45) is 2.87. The molecule has 164 valence electrons. The summed E-state index contributed by atoms with van der Waals surface area (Å²) in [6, 6.07) is 19.3. The SMILES string of the molecule is Cc1ccc(F)c(-c2ccc(C3Cc4ccc([C@H](C5CC5)[C@H](C)C(=O)O)cc4O3)cc2)c1. The van der Waals surface area contributed by atoms with Gasteiger partial charge in [0, 0.05) is 12.0 Å². The topological polar surface area (TPSA) is 46.5 Å². The Morgan fingerprint density at radius 1 is 1.06 bits per heavy atom. The van der Waals surface area contributed by atoms with E-state index in [9.17, 15) is 14.3 Å². The minimum Gasteiger partial charge on any atom is -0.485 e. The van der Waals surface area contributed by atoms with Crippen LogP contribution < -0.4 is 4.74 Å². The van der Waals surface area contributed by atoms with Crippen molar-refractivity contribution in [1.29, 1.82) is 0 Å². The first-order valence-electron chi connectivity index (χ1n) is 11.3. The van der Waals surface area contributed by atoms with E-state index in [1.807, 2.05) is 43.3 Å². The minimum absolute atomic E-state index is 0.0314. The molecule has 2 aliphatic rings. The molecule has 3 aromatic rings. The number of aryl methyl sites for hydroxylation is 1. The highest BCUT2D eigenvalue weighted by molar-refractivity contribution is 5.71. The van der Waals surface area contributed by atoms with Crippen molar-refractivity contribution in [2.24, 2.45) is 11.8 Å². The minimum atomic E-state index is -0.744. The fourth-order valence-electron chi connectivity index (χ4n) is 4.95. The lowest BCUT2D eigenvalue weighted by molar-refractivity contribution is -0.142. The predicted molar refractivity (Wildman–Crippen MR) is 122 cm³/mol. The third-order valence-corrected chi connectivity index (χ3v) is 6.92. The molecular formula is C28H27FO3. The van der Waals surface area contributed by atoms with Gasteiger partial charge in [-0.15, -0.1) is 0 Å². The third kappa shape index (κ3) is 3.90. The first-order chi connectivity index (χ1) is 15.4. The lowest BCUT2D eigenvalue weighted by Crippen LogP contribution is -2.20. The number of hydrogen-bond acceptors (Lipinski definition) is 2. The molecule has 0 bridgehead atoms. The van der Waals surface area contributed by atoms with Gasteiger partial charge in [-0.25, -0.2) is 4.39 Å². The molecule has 1 aliphatic heterocycles. The zero-order valence-electron chi connectivity index (χ0n) is 18.3. The summed E-state index contributed by atoms with van der Waals surface area (Å²) in [5.41, 5.74) is 5.74. The van der Waals surface area contributed by atoms with Crippen LogP contribution in [0.15, 0.2) is 60.7 Å². The Kier molecular flexibility index (Phi) is 5.24. The lowest BCUT2D eigenvalue weighted by Gasteiger charge is -2.21. The van der Waals surface area contributed by atoms with E-state index in [1.54, 1.807) is 13.0 Å². The largest absolute Gasteiger partial charge is 0.485 e. The molecule has 0 spiro atoms. The summed E-state index contributed by atoms with van der Waals surface area (Å²) in [6.45, 7) is 3.76. The Morgan fingerprint density at radius 3 is 2.50 bits per heavy atom. The van der Waals surface area contributed by atoms with Crippen molar-refractivity contribution < 1.29 is 19.0 Å². The molecule has 5 rings (SSSR count). The molecule has 3 atom stereocenters. The Balaban J connectivity index is 1.36. The van der Waals surface area contributed by atoms with Gasteiger partial charge in [0.25, 0.3) is 0 Å². The van der Waals surface area contributed by atoms with E-state index in [0.717, 1.165) is 52.8 Å². The van der Waals surface area contributed by atoms with E-state index in [1.165, 1.54) is 6.07 Å². The van der Waals surface area contributed by atoms with Crippen LogP contribution >= 0.6 is 0 Å². The summed E-state index contributed by atoms with van der Waals surface area (Å²) in [5.74, 6) is -0.0423. The van der Waals surface area contributed by atoms with E-state index < -0.39 is 11.9 Å². The smallest absolute Gasteiger partial charge is 0.306 e. The molecular weight excluding hydrogens is 403 g/mol. The van der Waals surface area contributed by atoms with Crippen LogP contribution in [-0.4, -0.2) is 11.1 Å². The number of halogens is 1. The van der Waals surface area contributed by atoms with Crippen LogP contribution in [0.2, 0.25) is 0 Å². The second-order valence-electron chi connectivity index (χ2n) is 9.27. The number of benzene rings is 3. The van der Waals surface area contributed by atoms with E-state index in [-0.39, 0.29) is 17.8 Å². The van der Waals surface area contributed by atoms with Gasteiger partial charge in [0.2, 0.25) is 0 Å². The van der Waals surface area contributed by atoms with Crippen molar-refractivity contribution in [1.82, 2.24) is 0 Å². The van der Waals surface area contributed by atoms with Crippen LogP contribution in [0.1, 0.15) is 54.0 Å². The van der Waals surface area contributed by atoms with Gasteiger partial charge in [-0.1, -0.05) is 55.0 Å². The fraction of sp³-hybridized carbons (Fsp3) is 0.321. The van der Waals surface area contributed by atoms with Gasteiger partial charge in [-0.3, -0.25) is 4.79 Å². The number of aliphatic carboxylic acids is 1. The normalized spacial score (nSPS) is 19.2. The molecule has 0 radical (unpaired) electrons. The highest BCUT2D eigenvalue weighted by Crippen LogP contribution is 2.48. The molecule has 0 amide bonds. The number of carboxylic acid groups (broad SMARTS) is 1. The number of carbonyl (C=O) groups is 1. The molecule has 1 unspecified atom stereocenters.